The van der Waals surface area contributed by atoms with Crippen LogP contribution in [0.25, 0.3) is 9.75 Å². The van der Waals surface area contributed by atoms with Gasteiger partial charge >= 0.3 is 0 Å². The van der Waals surface area contributed by atoms with E-state index in [9.17, 15) is 9.59 Å². The van der Waals surface area contributed by atoms with Crippen molar-refractivity contribution in [1.82, 2.24) is 9.97 Å². The van der Waals surface area contributed by atoms with Gasteiger partial charge in [-0.15, -0.1) is 22.7 Å². The van der Waals surface area contributed by atoms with Crippen LogP contribution < -0.4 is 0 Å². The van der Waals surface area contributed by atoms with E-state index in [0.29, 0.717) is 33.7 Å². The number of aldehydes is 2. The quantitative estimate of drug-likeness (QED) is 0.766. The van der Waals surface area contributed by atoms with Crippen molar-refractivity contribution in [3.63, 3.8) is 0 Å². The van der Waals surface area contributed by atoms with Crippen LogP contribution in [0.5, 0.6) is 0 Å². The molecule has 0 saturated heterocycles. The first-order valence-electron chi connectivity index (χ1n) is 4.01. The van der Waals surface area contributed by atoms with Crippen LogP contribution in [0.2, 0.25) is 0 Å². The van der Waals surface area contributed by atoms with Gasteiger partial charge in [0.05, 0.1) is 14.8 Å². The Morgan fingerprint density at radius 3 is 2.60 bits per heavy atom. The van der Waals surface area contributed by atoms with Crippen LogP contribution in [0.15, 0.2) is 0 Å². The molecule has 4 nitrogen and oxygen atoms in total. The number of rotatable bonds is 3. The van der Waals surface area contributed by atoms with E-state index < -0.39 is 0 Å². The smallest absolute Gasteiger partial charge is 0.169 e. The molecular formula is C9H5N2O2S2. The van der Waals surface area contributed by atoms with Gasteiger partial charge in [-0.1, -0.05) is 0 Å². The van der Waals surface area contributed by atoms with Crippen LogP contribution in [0.1, 0.15) is 26.0 Å². The first-order chi connectivity index (χ1) is 7.26. The molecule has 0 aliphatic heterocycles. The molecule has 0 atom stereocenters. The van der Waals surface area contributed by atoms with Crippen LogP contribution in [-0.2, 0) is 0 Å². The van der Waals surface area contributed by atoms with E-state index >= 15 is 0 Å². The zero-order chi connectivity index (χ0) is 10.8. The molecule has 0 bridgehead atoms. The number of nitrogens with zero attached hydrogens (tertiary/aromatic N) is 2. The Kier molecular flexibility index (Phi) is 2.70. The van der Waals surface area contributed by atoms with Gasteiger partial charge in [-0.25, -0.2) is 9.97 Å². The third kappa shape index (κ3) is 1.73. The average Bonchev–Trinajstić information content (AvgIpc) is 2.82. The summed E-state index contributed by atoms with van der Waals surface area (Å²) in [6.45, 7) is 1.81. The van der Waals surface area contributed by atoms with Crippen molar-refractivity contribution in [2.75, 3.05) is 0 Å². The van der Waals surface area contributed by atoms with Crippen LogP contribution in [0.3, 0.4) is 0 Å². The van der Waals surface area contributed by atoms with E-state index in [1.165, 1.54) is 22.7 Å². The van der Waals surface area contributed by atoms with Crippen LogP contribution in [0, 0.1) is 12.4 Å². The first-order valence-corrected chi connectivity index (χ1v) is 5.64. The fraction of sp³-hybridized carbons (Fsp3) is 0.111. The van der Waals surface area contributed by atoms with E-state index in [1.54, 1.807) is 0 Å². The number of aryl methyl sites for hydroxylation is 1. The first kappa shape index (κ1) is 10.1. The minimum Gasteiger partial charge on any atom is -0.296 e. The van der Waals surface area contributed by atoms with Gasteiger partial charge in [-0.3, -0.25) is 9.59 Å². The van der Waals surface area contributed by atoms with Gasteiger partial charge < -0.3 is 0 Å². The lowest BCUT2D eigenvalue weighted by atomic mass is 10.3. The van der Waals surface area contributed by atoms with Gasteiger partial charge in [0.2, 0.25) is 0 Å². The van der Waals surface area contributed by atoms with Crippen LogP contribution in [0.4, 0.5) is 0 Å². The van der Waals surface area contributed by atoms with E-state index in [0.717, 1.165) is 5.01 Å². The number of aromatic nitrogens is 2. The van der Waals surface area contributed by atoms with Crippen molar-refractivity contribution in [2.24, 2.45) is 0 Å². The van der Waals surface area contributed by atoms with Crippen molar-refractivity contribution in [3.05, 3.63) is 21.9 Å². The minimum absolute atomic E-state index is 0.312. The SMILES string of the molecule is Cc1nc(C=O)c(-c2s[c]nc2C=O)s1. The van der Waals surface area contributed by atoms with Crippen molar-refractivity contribution in [1.29, 1.82) is 0 Å². The topological polar surface area (TPSA) is 59.9 Å². The van der Waals surface area contributed by atoms with Gasteiger partial charge in [0.25, 0.3) is 0 Å². The highest BCUT2D eigenvalue weighted by Gasteiger charge is 2.16. The molecule has 0 amide bonds. The summed E-state index contributed by atoms with van der Waals surface area (Å²) < 4.78 is 0. The minimum atomic E-state index is 0.312. The van der Waals surface area contributed by atoms with Gasteiger partial charge in [0.1, 0.15) is 11.4 Å². The Balaban J connectivity index is 2.62. The Morgan fingerprint density at radius 2 is 1.93 bits per heavy atom. The zero-order valence-electron chi connectivity index (χ0n) is 7.68. The van der Waals surface area contributed by atoms with E-state index in [1.807, 2.05) is 6.92 Å². The van der Waals surface area contributed by atoms with E-state index in [2.05, 4.69) is 15.5 Å². The summed E-state index contributed by atoms with van der Waals surface area (Å²) in [6, 6.07) is 0. The highest BCUT2D eigenvalue weighted by Crippen LogP contribution is 2.33. The maximum atomic E-state index is 10.8. The predicted octanol–water partition coefficient (Wildman–Crippen LogP) is 2.00. The third-order valence-electron chi connectivity index (χ3n) is 1.74. The molecule has 0 fully saturated rings. The van der Waals surface area contributed by atoms with E-state index in [-0.39, 0.29) is 0 Å². The summed E-state index contributed by atoms with van der Waals surface area (Å²) in [5.41, 5.74) is 3.30. The number of carbonyl (C=O) groups is 2. The molecule has 0 spiro atoms. The fourth-order valence-electron chi connectivity index (χ4n) is 1.15. The van der Waals surface area contributed by atoms with Gasteiger partial charge in [-0.05, 0) is 6.92 Å². The molecule has 2 aromatic rings. The fourth-order valence-corrected chi connectivity index (χ4v) is 2.86. The second-order valence-electron chi connectivity index (χ2n) is 2.70. The number of thiazole rings is 2. The normalized spacial score (nSPS) is 10.2. The molecule has 0 aromatic carbocycles. The Labute approximate surface area is 93.6 Å². The summed E-state index contributed by atoms with van der Waals surface area (Å²) in [5.74, 6) is 0. The number of hydrogen-bond donors (Lipinski definition) is 0. The highest BCUT2D eigenvalue weighted by atomic mass is 32.1. The second kappa shape index (κ2) is 4.00. The van der Waals surface area contributed by atoms with Crippen LogP contribution >= 0.6 is 22.7 Å². The van der Waals surface area contributed by atoms with E-state index in [4.69, 9.17) is 0 Å². The number of hydrogen-bond acceptors (Lipinski definition) is 6. The lowest BCUT2D eigenvalue weighted by molar-refractivity contribution is 0.111. The molecule has 2 aromatic heterocycles. The zero-order valence-corrected chi connectivity index (χ0v) is 9.32. The molecule has 0 N–H and O–H groups in total. The molecule has 15 heavy (non-hydrogen) atoms. The second-order valence-corrected chi connectivity index (χ2v) is 4.70. The number of carbonyl (C=O) groups excluding carboxylic acids is 2. The summed E-state index contributed by atoms with van der Waals surface area (Å²) in [4.78, 5) is 30.7. The van der Waals surface area contributed by atoms with Crippen molar-refractivity contribution in [2.45, 2.75) is 6.92 Å². The molecule has 1 radical (unpaired) electrons. The monoisotopic (exact) mass is 237 g/mol. The van der Waals surface area contributed by atoms with Gasteiger partial charge in [0.15, 0.2) is 18.1 Å². The Hall–Kier alpha value is -1.40. The summed E-state index contributed by atoms with van der Waals surface area (Å²) in [5, 5.41) is 0.789. The van der Waals surface area contributed by atoms with Crippen molar-refractivity contribution >= 4 is 35.2 Å². The average molecular weight is 237 g/mol. The van der Waals surface area contributed by atoms with Gasteiger partial charge in [0, 0.05) is 0 Å². The highest BCUT2D eigenvalue weighted by molar-refractivity contribution is 7.21. The molecule has 75 valence electrons. The molecule has 0 unspecified atom stereocenters. The van der Waals surface area contributed by atoms with Crippen LogP contribution in [-0.4, -0.2) is 22.5 Å². The Bertz CT molecular complexity index is 516. The maximum Gasteiger partial charge on any atom is 0.169 e. The summed E-state index contributed by atoms with van der Waals surface area (Å²) >= 11 is 2.59. The van der Waals surface area contributed by atoms with Crippen molar-refractivity contribution < 1.29 is 9.59 Å². The predicted molar refractivity (Wildman–Crippen MR) is 57.6 cm³/mol. The Morgan fingerprint density at radius 1 is 1.20 bits per heavy atom. The molecule has 0 aliphatic carbocycles. The summed E-state index contributed by atoms with van der Waals surface area (Å²) in [7, 11) is 0. The molecule has 0 aliphatic rings. The molecular weight excluding hydrogens is 232 g/mol. The lowest BCUT2D eigenvalue weighted by Gasteiger charge is -1.91. The van der Waals surface area contributed by atoms with Crippen molar-refractivity contribution in [3.8, 4) is 9.75 Å². The summed E-state index contributed by atoms with van der Waals surface area (Å²) in [6.07, 6.45) is 1.35. The largest absolute Gasteiger partial charge is 0.296 e. The third-order valence-corrected chi connectivity index (χ3v) is 3.67. The molecule has 2 rings (SSSR count). The maximum absolute atomic E-state index is 10.8. The molecule has 2 heterocycles. The lowest BCUT2D eigenvalue weighted by Crippen LogP contribution is -1.86. The standard InChI is InChI=1S/C9H5N2O2S2/c1-5-11-7(3-13)9(15-5)8-6(2-12)10-4-14-8/h2-3H,1H3. The van der Waals surface area contributed by atoms with Gasteiger partial charge in [-0.2, -0.15) is 0 Å². The molecule has 0 saturated carbocycles. The molecule has 6 heteroatoms.